The van der Waals surface area contributed by atoms with Crippen LogP contribution in [0.4, 0.5) is 10.3 Å². The lowest BCUT2D eigenvalue weighted by atomic mass is 10.1. The highest BCUT2D eigenvalue weighted by Crippen LogP contribution is 2.20. The van der Waals surface area contributed by atoms with Gasteiger partial charge < -0.3 is 15.4 Å². The van der Waals surface area contributed by atoms with Crippen molar-refractivity contribution in [2.45, 2.75) is 64.7 Å². The quantitative estimate of drug-likeness (QED) is 0.317. The molecule has 0 saturated carbocycles. The summed E-state index contributed by atoms with van der Waals surface area (Å²) >= 11 is 2.77. The van der Waals surface area contributed by atoms with Gasteiger partial charge in [0.05, 0.1) is 6.42 Å². The summed E-state index contributed by atoms with van der Waals surface area (Å²) in [5, 5.41) is 24.7. The van der Waals surface area contributed by atoms with E-state index in [1.165, 1.54) is 22.7 Å². The number of unbranched alkanes of at least 4 members (excludes halogenated alkanes) is 2. The van der Waals surface area contributed by atoms with Crippen molar-refractivity contribution in [2.75, 3.05) is 10.6 Å². The Labute approximate surface area is 206 Å². The molecule has 9 nitrogen and oxygen atoms in total. The van der Waals surface area contributed by atoms with Crippen molar-refractivity contribution in [3.05, 3.63) is 45.9 Å². The summed E-state index contributed by atoms with van der Waals surface area (Å²) in [7, 11) is 0. The van der Waals surface area contributed by atoms with Gasteiger partial charge in [-0.15, -0.1) is 20.4 Å². The first-order chi connectivity index (χ1) is 16.5. The van der Waals surface area contributed by atoms with Gasteiger partial charge in [0.15, 0.2) is 0 Å². The molecule has 2 aromatic heterocycles. The number of hydrogen-bond acceptors (Lipinski definition) is 9. The molecule has 0 spiro atoms. The lowest BCUT2D eigenvalue weighted by Crippen LogP contribution is -2.14. The molecule has 2 amide bonds. The SMILES string of the molecule is CC(=O)CCCCC(=O)Nc1nnc(CCCCc2nnc(NC(=O)Cc3ccccc3)s2)s1. The van der Waals surface area contributed by atoms with Crippen LogP contribution in [0, 0.1) is 0 Å². The number of aryl methyl sites for hydroxylation is 2. The Morgan fingerprint density at radius 3 is 1.88 bits per heavy atom. The smallest absolute Gasteiger partial charge is 0.230 e. The molecule has 2 heterocycles. The molecule has 0 bridgehead atoms. The maximum atomic E-state index is 12.1. The number of carbonyl (C=O) groups is 3. The second kappa shape index (κ2) is 13.6. The third-order valence-corrected chi connectivity index (χ3v) is 6.64. The summed E-state index contributed by atoms with van der Waals surface area (Å²) in [5.41, 5.74) is 0.953. The zero-order chi connectivity index (χ0) is 24.2. The summed E-state index contributed by atoms with van der Waals surface area (Å²) in [4.78, 5) is 35.0. The largest absolute Gasteiger partial charge is 0.301 e. The topological polar surface area (TPSA) is 127 Å². The van der Waals surface area contributed by atoms with E-state index < -0.39 is 0 Å². The van der Waals surface area contributed by atoms with Crippen molar-refractivity contribution in [3.8, 4) is 0 Å². The Morgan fingerprint density at radius 2 is 1.29 bits per heavy atom. The Balaban J connectivity index is 1.31. The molecule has 0 aliphatic rings. The van der Waals surface area contributed by atoms with E-state index in [0.29, 0.717) is 35.9 Å². The number of carbonyl (C=O) groups excluding carboxylic acids is 3. The van der Waals surface area contributed by atoms with Gasteiger partial charge in [0.2, 0.25) is 22.1 Å². The Bertz CT molecular complexity index is 1080. The number of hydrogen-bond donors (Lipinski definition) is 2. The van der Waals surface area contributed by atoms with E-state index in [9.17, 15) is 14.4 Å². The lowest BCUT2D eigenvalue weighted by molar-refractivity contribution is -0.118. The van der Waals surface area contributed by atoms with E-state index in [0.717, 1.165) is 47.7 Å². The Morgan fingerprint density at radius 1 is 0.735 bits per heavy atom. The second-order valence-corrected chi connectivity index (χ2v) is 10.0. The molecule has 0 fully saturated rings. The zero-order valence-corrected chi connectivity index (χ0v) is 20.7. The fourth-order valence-electron chi connectivity index (χ4n) is 3.15. The van der Waals surface area contributed by atoms with Gasteiger partial charge in [-0.05, 0) is 38.2 Å². The van der Waals surface area contributed by atoms with Crippen molar-refractivity contribution in [1.29, 1.82) is 0 Å². The van der Waals surface area contributed by atoms with Gasteiger partial charge in [-0.25, -0.2) is 0 Å². The molecule has 0 atom stereocenters. The molecule has 0 aliphatic carbocycles. The molecular formula is C23H28N6O3S2. The number of ketones is 1. The summed E-state index contributed by atoms with van der Waals surface area (Å²) in [6, 6.07) is 9.56. The predicted molar refractivity (Wildman–Crippen MR) is 133 cm³/mol. The standard InChI is InChI=1S/C23H28N6O3S2/c1-16(30)9-5-6-12-18(31)24-22-28-26-20(33-22)13-7-8-14-21-27-29-23(34-21)25-19(32)15-17-10-3-2-4-11-17/h2-4,10-11H,5-9,12-15H2,1H3,(H,24,28,31)(H,25,29,32). The number of Topliss-reactive ketones (excluding diaryl/α,β-unsaturated/α-hetero) is 1. The molecule has 3 aromatic rings. The van der Waals surface area contributed by atoms with Crippen LogP contribution in [0.15, 0.2) is 30.3 Å². The highest BCUT2D eigenvalue weighted by Gasteiger charge is 2.11. The summed E-state index contributed by atoms with van der Waals surface area (Å²) in [6.45, 7) is 1.56. The van der Waals surface area contributed by atoms with Crippen LogP contribution in [-0.2, 0) is 33.6 Å². The minimum Gasteiger partial charge on any atom is -0.301 e. The van der Waals surface area contributed by atoms with Gasteiger partial charge in [0, 0.05) is 25.7 Å². The predicted octanol–water partition coefficient (Wildman–Crippen LogP) is 4.22. The lowest BCUT2D eigenvalue weighted by Gasteiger charge is -2.00. The van der Waals surface area contributed by atoms with Crippen LogP contribution in [0.2, 0.25) is 0 Å². The molecule has 0 saturated heterocycles. The average Bonchev–Trinajstić information content (AvgIpc) is 3.44. The van der Waals surface area contributed by atoms with Crippen LogP contribution in [-0.4, -0.2) is 38.0 Å². The van der Waals surface area contributed by atoms with Gasteiger partial charge in [-0.1, -0.05) is 53.0 Å². The van der Waals surface area contributed by atoms with Crippen LogP contribution in [0.25, 0.3) is 0 Å². The van der Waals surface area contributed by atoms with Gasteiger partial charge in [-0.3, -0.25) is 9.59 Å². The molecule has 11 heteroatoms. The van der Waals surface area contributed by atoms with E-state index in [1.54, 1.807) is 6.92 Å². The Hall–Kier alpha value is -3.05. The van der Waals surface area contributed by atoms with E-state index in [1.807, 2.05) is 30.3 Å². The van der Waals surface area contributed by atoms with Crippen molar-refractivity contribution < 1.29 is 14.4 Å². The van der Waals surface area contributed by atoms with Crippen molar-refractivity contribution in [2.24, 2.45) is 0 Å². The van der Waals surface area contributed by atoms with E-state index in [-0.39, 0.29) is 17.6 Å². The minimum atomic E-state index is -0.107. The number of benzene rings is 1. The van der Waals surface area contributed by atoms with E-state index in [4.69, 9.17) is 0 Å². The third-order valence-electron chi connectivity index (χ3n) is 4.85. The number of anilines is 2. The zero-order valence-electron chi connectivity index (χ0n) is 19.1. The molecule has 0 radical (unpaired) electrons. The molecule has 1 aromatic carbocycles. The monoisotopic (exact) mass is 500 g/mol. The number of rotatable bonds is 14. The molecule has 34 heavy (non-hydrogen) atoms. The van der Waals surface area contributed by atoms with Crippen molar-refractivity contribution in [3.63, 3.8) is 0 Å². The third kappa shape index (κ3) is 9.44. The summed E-state index contributed by atoms with van der Waals surface area (Å²) in [6.07, 6.45) is 5.95. The van der Waals surface area contributed by atoms with Gasteiger partial charge in [0.1, 0.15) is 15.8 Å². The molecular weight excluding hydrogens is 472 g/mol. The van der Waals surface area contributed by atoms with Crippen LogP contribution < -0.4 is 10.6 Å². The first-order valence-electron chi connectivity index (χ1n) is 11.3. The van der Waals surface area contributed by atoms with E-state index >= 15 is 0 Å². The van der Waals surface area contributed by atoms with Crippen molar-refractivity contribution >= 4 is 50.5 Å². The number of nitrogens with one attached hydrogen (secondary N) is 2. The Kier molecular flexibility index (Phi) is 10.2. The van der Waals surface area contributed by atoms with Gasteiger partial charge in [0.25, 0.3) is 0 Å². The summed E-state index contributed by atoms with van der Waals surface area (Å²) < 4.78 is 0. The highest BCUT2D eigenvalue weighted by atomic mass is 32.1. The van der Waals surface area contributed by atoms with Crippen LogP contribution in [0.5, 0.6) is 0 Å². The number of nitrogens with zero attached hydrogens (tertiary/aromatic N) is 4. The number of aromatic nitrogens is 4. The molecule has 0 aliphatic heterocycles. The highest BCUT2D eigenvalue weighted by molar-refractivity contribution is 7.15. The second-order valence-electron chi connectivity index (χ2n) is 7.88. The van der Waals surface area contributed by atoms with Crippen LogP contribution >= 0.6 is 22.7 Å². The summed E-state index contributed by atoms with van der Waals surface area (Å²) in [5.74, 6) is -0.0651. The molecule has 180 valence electrons. The minimum absolute atomic E-state index is 0.103. The first kappa shape index (κ1) is 25.6. The van der Waals surface area contributed by atoms with Crippen LogP contribution in [0.3, 0.4) is 0 Å². The molecule has 2 N–H and O–H groups in total. The maximum absolute atomic E-state index is 12.1. The van der Waals surface area contributed by atoms with Gasteiger partial charge >= 0.3 is 0 Å². The molecule has 0 unspecified atom stereocenters. The fourth-order valence-corrected chi connectivity index (χ4v) is 4.74. The fraction of sp³-hybridized carbons (Fsp3) is 0.435. The van der Waals surface area contributed by atoms with Gasteiger partial charge in [-0.2, -0.15) is 0 Å². The average molecular weight is 501 g/mol. The van der Waals surface area contributed by atoms with E-state index in [2.05, 4.69) is 31.0 Å². The molecule has 3 rings (SSSR count). The van der Waals surface area contributed by atoms with Crippen molar-refractivity contribution in [1.82, 2.24) is 20.4 Å². The van der Waals surface area contributed by atoms with Crippen LogP contribution in [0.1, 0.15) is 61.0 Å². The number of amides is 2. The normalized spacial score (nSPS) is 10.7. The first-order valence-corrected chi connectivity index (χ1v) is 12.9. The maximum Gasteiger partial charge on any atom is 0.230 e.